The van der Waals surface area contributed by atoms with Crippen LogP contribution in [0.2, 0.25) is 0 Å². The molecule has 5 nitrogen and oxygen atoms in total. The SMILES string of the molecule is C[C@@H]1CC[C@H](NC(=O)NCCc2ccnn2C)[C@@H](C)C1. The van der Waals surface area contributed by atoms with Gasteiger partial charge in [0.15, 0.2) is 0 Å². The zero-order valence-electron chi connectivity index (χ0n) is 12.7. The molecule has 1 saturated carbocycles. The number of hydrogen-bond acceptors (Lipinski definition) is 2. The van der Waals surface area contributed by atoms with Crippen LogP contribution in [0.1, 0.15) is 38.8 Å². The van der Waals surface area contributed by atoms with Crippen LogP contribution in [-0.2, 0) is 13.5 Å². The van der Waals surface area contributed by atoms with Crippen LogP contribution >= 0.6 is 0 Å². The van der Waals surface area contributed by atoms with Gasteiger partial charge in [-0.15, -0.1) is 0 Å². The van der Waals surface area contributed by atoms with Gasteiger partial charge in [0, 0.05) is 37.9 Å². The molecule has 0 unspecified atom stereocenters. The van der Waals surface area contributed by atoms with E-state index in [2.05, 4.69) is 29.6 Å². The molecule has 1 aliphatic rings. The summed E-state index contributed by atoms with van der Waals surface area (Å²) < 4.78 is 1.84. The number of aryl methyl sites for hydroxylation is 1. The first kappa shape index (κ1) is 14.9. The Morgan fingerprint density at radius 2 is 2.25 bits per heavy atom. The van der Waals surface area contributed by atoms with E-state index in [0.29, 0.717) is 18.5 Å². The van der Waals surface area contributed by atoms with E-state index in [4.69, 9.17) is 0 Å². The molecule has 0 spiro atoms. The molecule has 0 bridgehead atoms. The molecule has 0 aromatic carbocycles. The number of aromatic nitrogens is 2. The van der Waals surface area contributed by atoms with Gasteiger partial charge in [-0.2, -0.15) is 5.10 Å². The maximum Gasteiger partial charge on any atom is 0.315 e. The Morgan fingerprint density at radius 1 is 1.45 bits per heavy atom. The molecule has 1 heterocycles. The third-order valence-corrected chi connectivity index (χ3v) is 4.34. The Morgan fingerprint density at radius 3 is 2.90 bits per heavy atom. The van der Waals surface area contributed by atoms with Crippen molar-refractivity contribution in [3.05, 3.63) is 18.0 Å². The number of carbonyl (C=O) groups is 1. The predicted octanol–water partition coefficient (Wildman–Crippen LogP) is 2.09. The van der Waals surface area contributed by atoms with E-state index < -0.39 is 0 Å². The van der Waals surface area contributed by atoms with Crippen LogP contribution in [0.15, 0.2) is 12.3 Å². The first-order valence-electron chi connectivity index (χ1n) is 7.57. The zero-order chi connectivity index (χ0) is 14.5. The molecule has 1 aromatic rings. The summed E-state index contributed by atoms with van der Waals surface area (Å²) in [6.45, 7) is 5.17. The molecular weight excluding hydrogens is 252 g/mol. The predicted molar refractivity (Wildman–Crippen MR) is 79.4 cm³/mol. The van der Waals surface area contributed by atoms with Crippen molar-refractivity contribution in [3.63, 3.8) is 0 Å². The topological polar surface area (TPSA) is 59.0 Å². The van der Waals surface area contributed by atoms with E-state index in [-0.39, 0.29) is 6.03 Å². The van der Waals surface area contributed by atoms with Crippen molar-refractivity contribution in [3.8, 4) is 0 Å². The minimum absolute atomic E-state index is 0.0430. The zero-order valence-corrected chi connectivity index (χ0v) is 12.7. The summed E-state index contributed by atoms with van der Waals surface area (Å²) in [5.41, 5.74) is 1.13. The van der Waals surface area contributed by atoms with Gasteiger partial charge in [0.1, 0.15) is 0 Å². The summed E-state index contributed by atoms with van der Waals surface area (Å²) in [5.74, 6) is 1.36. The van der Waals surface area contributed by atoms with Crippen LogP contribution in [0, 0.1) is 11.8 Å². The van der Waals surface area contributed by atoms with Crippen molar-refractivity contribution in [2.24, 2.45) is 18.9 Å². The van der Waals surface area contributed by atoms with Gasteiger partial charge in [0.25, 0.3) is 0 Å². The molecule has 0 radical (unpaired) electrons. The molecule has 5 heteroatoms. The highest BCUT2D eigenvalue weighted by Crippen LogP contribution is 2.28. The minimum Gasteiger partial charge on any atom is -0.338 e. The lowest BCUT2D eigenvalue weighted by Gasteiger charge is -2.33. The fourth-order valence-electron chi connectivity index (χ4n) is 3.05. The summed E-state index contributed by atoms with van der Waals surface area (Å²) in [6.07, 6.45) is 6.10. The number of urea groups is 1. The van der Waals surface area contributed by atoms with Crippen molar-refractivity contribution in [1.29, 1.82) is 0 Å². The Hall–Kier alpha value is -1.52. The molecule has 0 saturated heterocycles. The second-order valence-corrected chi connectivity index (χ2v) is 6.10. The normalized spacial score (nSPS) is 26.2. The molecule has 20 heavy (non-hydrogen) atoms. The average molecular weight is 278 g/mol. The maximum atomic E-state index is 11.9. The van der Waals surface area contributed by atoms with E-state index in [1.54, 1.807) is 6.20 Å². The Balaban J connectivity index is 1.69. The van der Waals surface area contributed by atoms with Crippen molar-refractivity contribution in [1.82, 2.24) is 20.4 Å². The van der Waals surface area contributed by atoms with E-state index >= 15 is 0 Å². The van der Waals surface area contributed by atoms with E-state index in [0.717, 1.165) is 24.5 Å². The minimum atomic E-state index is -0.0430. The molecule has 1 aliphatic carbocycles. The molecular formula is C15H26N4O. The van der Waals surface area contributed by atoms with Gasteiger partial charge >= 0.3 is 6.03 Å². The third kappa shape index (κ3) is 3.99. The molecule has 2 amide bonds. The Kier molecular flexibility index (Phi) is 5.04. The molecule has 1 aromatic heterocycles. The van der Waals surface area contributed by atoms with Crippen molar-refractivity contribution in [2.75, 3.05) is 6.54 Å². The molecule has 2 N–H and O–H groups in total. The summed E-state index contributed by atoms with van der Waals surface area (Å²) >= 11 is 0. The lowest BCUT2D eigenvalue weighted by atomic mass is 9.80. The number of nitrogens with zero attached hydrogens (tertiary/aromatic N) is 2. The molecule has 0 aliphatic heterocycles. The maximum absolute atomic E-state index is 11.9. The van der Waals surface area contributed by atoms with Crippen LogP contribution in [0.5, 0.6) is 0 Å². The first-order valence-corrected chi connectivity index (χ1v) is 7.57. The van der Waals surface area contributed by atoms with Gasteiger partial charge < -0.3 is 10.6 Å². The summed E-state index contributed by atoms with van der Waals surface area (Å²) in [7, 11) is 1.92. The van der Waals surface area contributed by atoms with Crippen LogP contribution in [0.4, 0.5) is 4.79 Å². The Bertz CT molecular complexity index is 443. The number of rotatable bonds is 4. The van der Waals surface area contributed by atoms with Gasteiger partial charge in [-0.1, -0.05) is 13.8 Å². The molecule has 112 valence electrons. The fourth-order valence-corrected chi connectivity index (χ4v) is 3.05. The van der Waals surface area contributed by atoms with E-state index in [1.807, 2.05) is 17.8 Å². The summed E-state index contributed by atoms with van der Waals surface area (Å²) in [5, 5.41) is 10.2. The van der Waals surface area contributed by atoms with Crippen LogP contribution < -0.4 is 10.6 Å². The lowest BCUT2D eigenvalue weighted by Crippen LogP contribution is -2.47. The van der Waals surface area contributed by atoms with Gasteiger partial charge in [-0.05, 0) is 37.2 Å². The first-order chi connectivity index (χ1) is 9.56. The van der Waals surface area contributed by atoms with Crippen molar-refractivity contribution >= 4 is 6.03 Å². The van der Waals surface area contributed by atoms with E-state index in [1.165, 1.54) is 12.8 Å². The highest BCUT2D eigenvalue weighted by Gasteiger charge is 2.26. The van der Waals surface area contributed by atoms with E-state index in [9.17, 15) is 4.79 Å². The number of nitrogens with one attached hydrogen (secondary N) is 2. The van der Waals surface area contributed by atoms with Crippen LogP contribution in [0.25, 0.3) is 0 Å². The monoisotopic (exact) mass is 278 g/mol. The standard InChI is InChI=1S/C15H26N4O/c1-11-4-5-14(12(2)10-11)18-15(20)16-8-6-13-7-9-17-19(13)3/h7,9,11-12,14H,4-6,8,10H2,1-3H3,(H2,16,18,20)/t11-,12+,14+/m1/s1. The quantitative estimate of drug-likeness (QED) is 0.886. The largest absolute Gasteiger partial charge is 0.338 e. The summed E-state index contributed by atoms with van der Waals surface area (Å²) in [4.78, 5) is 11.9. The highest BCUT2D eigenvalue weighted by atomic mass is 16.2. The van der Waals surface area contributed by atoms with Crippen LogP contribution in [-0.4, -0.2) is 28.4 Å². The fraction of sp³-hybridized carbons (Fsp3) is 0.733. The second kappa shape index (κ2) is 6.77. The Labute approximate surface area is 121 Å². The summed E-state index contributed by atoms with van der Waals surface area (Å²) in [6, 6.07) is 2.26. The lowest BCUT2D eigenvalue weighted by molar-refractivity contribution is 0.206. The number of hydrogen-bond donors (Lipinski definition) is 2. The van der Waals surface area contributed by atoms with Gasteiger partial charge in [-0.3, -0.25) is 4.68 Å². The highest BCUT2D eigenvalue weighted by molar-refractivity contribution is 5.74. The van der Waals surface area contributed by atoms with Crippen LogP contribution in [0.3, 0.4) is 0 Å². The van der Waals surface area contributed by atoms with Gasteiger partial charge in [0.05, 0.1) is 0 Å². The molecule has 3 atom stereocenters. The number of carbonyl (C=O) groups excluding carboxylic acids is 1. The van der Waals surface area contributed by atoms with Gasteiger partial charge in [-0.25, -0.2) is 4.79 Å². The van der Waals surface area contributed by atoms with Gasteiger partial charge in [0.2, 0.25) is 0 Å². The smallest absolute Gasteiger partial charge is 0.315 e. The average Bonchev–Trinajstić information content (AvgIpc) is 2.79. The number of amides is 2. The third-order valence-electron chi connectivity index (χ3n) is 4.34. The molecule has 1 fully saturated rings. The second-order valence-electron chi connectivity index (χ2n) is 6.10. The molecule has 2 rings (SSSR count). The van der Waals surface area contributed by atoms with Crippen molar-refractivity contribution < 1.29 is 4.79 Å². The van der Waals surface area contributed by atoms with Crippen molar-refractivity contribution in [2.45, 2.75) is 45.6 Å².